The molecule has 4 heteroatoms. The van der Waals surface area contributed by atoms with Crippen molar-refractivity contribution in [3.05, 3.63) is 63.2 Å². The van der Waals surface area contributed by atoms with Crippen molar-refractivity contribution in [1.29, 1.82) is 0 Å². The summed E-state index contributed by atoms with van der Waals surface area (Å²) in [4.78, 5) is 24.9. The van der Waals surface area contributed by atoms with Crippen LogP contribution < -0.4 is 5.32 Å². The van der Waals surface area contributed by atoms with E-state index in [4.69, 9.17) is 0 Å². The summed E-state index contributed by atoms with van der Waals surface area (Å²) in [6.07, 6.45) is 0.281. The Labute approximate surface area is 143 Å². The summed E-state index contributed by atoms with van der Waals surface area (Å²) in [6.45, 7) is 2.01. The SMILES string of the molecule is Cc1ccc(C2CC(=O)C(Nc3ccccc3I)C2=O)cc1. The molecular formula is C18H16INO2. The van der Waals surface area contributed by atoms with Crippen molar-refractivity contribution in [3.8, 4) is 0 Å². The Morgan fingerprint density at radius 1 is 1.05 bits per heavy atom. The van der Waals surface area contributed by atoms with Gasteiger partial charge in [0.1, 0.15) is 6.04 Å². The van der Waals surface area contributed by atoms with Gasteiger partial charge in [-0.25, -0.2) is 0 Å². The normalized spacial score (nSPS) is 21.2. The van der Waals surface area contributed by atoms with Gasteiger partial charge in [-0.2, -0.15) is 0 Å². The molecule has 1 aliphatic carbocycles. The summed E-state index contributed by atoms with van der Waals surface area (Å²) >= 11 is 2.20. The monoisotopic (exact) mass is 405 g/mol. The van der Waals surface area contributed by atoms with Gasteiger partial charge in [-0.15, -0.1) is 0 Å². The lowest BCUT2D eigenvalue weighted by Gasteiger charge is -2.14. The third-order valence-electron chi connectivity index (χ3n) is 4.01. The van der Waals surface area contributed by atoms with Gasteiger partial charge in [-0.1, -0.05) is 42.0 Å². The maximum Gasteiger partial charge on any atom is 0.170 e. The maximum atomic E-state index is 12.6. The number of nitrogens with one attached hydrogen (secondary N) is 1. The van der Waals surface area contributed by atoms with Gasteiger partial charge in [0.15, 0.2) is 11.6 Å². The van der Waals surface area contributed by atoms with Crippen LogP contribution in [-0.2, 0) is 9.59 Å². The number of rotatable bonds is 3. The maximum absolute atomic E-state index is 12.6. The molecule has 1 fully saturated rings. The minimum atomic E-state index is -0.734. The average Bonchev–Trinajstić information content (AvgIpc) is 2.78. The van der Waals surface area contributed by atoms with Crippen molar-refractivity contribution in [3.63, 3.8) is 0 Å². The van der Waals surface area contributed by atoms with Crippen LogP contribution in [-0.4, -0.2) is 17.6 Å². The molecule has 1 N–H and O–H groups in total. The van der Waals surface area contributed by atoms with Crippen molar-refractivity contribution < 1.29 is 9.59 Å². The first-order valence-corrected chi connectivity index (χ1v) is 8.28. The largest absolute Gasteiger partial charge is 0.368 e. The van der Waals surface area contributed by atoms with Crippen LogP contribution in [0.4, 0.5) is 5.69 Å². The van der Waals surface area contributed by atoms with E-state index in [1.165, 1.54) is 0 Å². The second kappa shape index (κ2) is 6.20. The van der Waals surface area contributed by atoms with E-state index in [0.29, 0.717) is 0 Å². The van der Waals surface area contributed by atoms with E-state index < -0.39 is 6.04 Å². The molecule has 0 spiro atoms. The molecular weight excluding hydrogens is 389 g/mol. The molecule has 0 aliphatic heterocycles. The van der Waals surface area contributed by atoms with Gasteiger partial charge in [0.2, 0.25) is 0 Å². The first kappa shape index (κ1) is 15.2. The number of carbonyl (C=O) groups excluding carboxylic acids is 2. The molecule has 22 heavy (non-hydrogen) atoms. The van der Waals surface area contributed by atoms with Crippen LogP contribution in [0.25, 0.3) is 0 Å². The fourth-order valence-electron chi connectivity index (χ4n) is 2.75. The van der Waals surface area contributed by atoms with Crippen LogP contribution >= 0.6 is 22.6 Å². The molecule has 112 valence electrons. The van der Waals surface area contributed by atoms with Crippen LogP contribution in [0.15, 0.2) is 48.5 Å². The van der Waals surface area contributed by atoms with Crippen LogP contribution in [0.1, 0.15) is 23.5 Å². The molecule has 2 unspecified atom stereocenters. The van der Waals surface area contributed by atoms with Crippen LogP contribution in [0.2, 0.25) is 0 Å². The summed E-state index contributed by atoms with van der Waals surface area (Å²) in [7, 11) is 0. The summed E-state index contributed by atoms with van der Waals surface area (Å²) in [5.41, 5.74) is 2.91. The van der Waals surface area contributed by atoms with Crippen LogP contribution in [0, 0.1) is 10.5 Å². The molecule has 3 rings (SSSR count). The summed E-state index contributed by atoms with van der Waals surface area (Å²) < 4.78 is 1.000. The number of para-hydroxylation sites is 1. The molecule has 0 radical (unpaired) electrons. The van der Waals surface area contributed by atoms with Crippen molar-refractivity contribution in [2.24, 2.45) is 0 Å². The van der Waals surface area contributed by atoms with Gasteiger partial charge >= 0.3 is 0 Å². The van der Waals surface area contributed by atoms with Gasteiger partial charge in [0, 0.05) is 15.7 Å². The van der Waals surface area contributed by atoms with E-state index in [0.717, 1.165) is 20.4 Å². The molecule has 0 saturated heterocycles. The lowest BCUT2D eigenvalue weighted by Crippen LogP contribution is -2.32. The zero-order chi connectivity index (χ0) is 15.7. The van der Waals surface area contributed by atoms with E-state index in [-0.39, 0.29) is 23.9 Å². The summed E-state index contributed by atoms with van der Waals surface area (Å²) in [5.74, 6) is -0.393. The summed E-state index contributed by atoms with van der Waals surface area (Å²) in [5, 5.41) is 3.11. The minimum absolute atomic E-state index is 0.0322. The molecule has 0 amide bonds. The third kappa shape index (κ3) is 2.92. The second-order valence-corrected chi connectivity index (χ2v) is 6.76. The number of hydrogen-bond donors (Lipinski definition) is 1. The van der Waals surface area contributed by atoms with E-state index in [1.54, 1.807) is 0 Å². The smallest absolute Gasteiger partial charge is 0.170 e. The Balaban J connectivity index is 1.83. The number of anilines is 1. The minimum Gasteiger partial charge on any atom is -0.368 e. The Morgan fingerprint density at radius 2 is 1.73 bits per heavy atom. The predicted molar refractivity (Wildman–Crippen MR) is 95.1 cm³/mol. The zero-order valence-electron chi connectivity index (χ0n) is 12.2. The molecule has 0 heterocycles. The quantitative estimate of drug-likeness (QED) is 0.626. The van der Waals surface area contributed by atoms with Gasteiger partial charge in [0.25, 0.3) is 0 Å². The number of ketones is 2. The average molecular weight is 405 g/mol. The van der Waals surface area contributed by atoms with Crippen LogP contribution in [0.3, 0.4) is 0 Å². The van der Waals surface area contributed by atoms with E-state index in [1.807, 2.05) is 55.5 Å². The molecule has 0 bridgehead atoms. The number of benzene rings is 2. The number of hydrogen-bond acceptors (Lipinski definition) is 3. The third-order valence-corrected chi connectivity index (χ3v) is 4.95. The lowest BCUT2D eigenvalue weighted by atomic mass is 9.95. The lowest BCUT2D eigenvalue weighted by molar-refractivity contribution is -0.123. The number of halogens is 1. The molecule has 1 saturated carbocycles. The molecule has 2 atom stereocenters. The zero-order valence-corrected chi connectivity index (χ0v) is 14.3. The number of aryl methyl sites for hydroxylation is 1. The Bertz CT molecular complexity index is 724. The second-order valence-electron chi connectivity index (χ2n) is 5.59. The highest BCUT2D eigenvalue weighted by atomic mass is 127. The van der Waals surface area contributed by atoms with Crippen LogP contribution in [0.5, 0.6) is 0 Å². The fourth-order valence-corrected chi connectivity index (χ4v) is 3.29. The molecule has 3 nitrogen and oxygen atoms in total. The van der Waals surface area contributed by atoms with Crippen molar-refractivity contribution >= 4 is 39.8 Å². The molecule has 1 aliphatic rings. The highest BCUT2D eigenvalue weighted by molar-refractivity contribution is 14.1. The van der Waals surface area contributed by atoms with Gasteiger partial charge in [-0.3, -0.25) is 9.59 Å². The van der Waals surface area contributed by atoms with Crippen molar-refractivity contribution in [2.45, 2.75) is 25.3 Å². The highest BCUT2D eigenvalue weighted by Gasteiger charge is 2.41. The van der Waals surface area contributed by atoms with Crippen molar-refractivity contribution in [2.75, 3.05) is 5.32 Å². The molecule has 0 aromatic heterocycles. The predicted octanol–water partition coefficient (Wildman–Crippen LogP) is 3.71. The van der Waals surface area contributed by atoms with Gasteiger partial charge in [0.05, 0.1) is 5.92 Å². The summed E-state index contributed by atoms with van der Waals surface area (Å²) in [6, 6.07) is 14.8. The standard InChI is InChI=1S/C18H16INO2/c1-11-6-8-12(9-7-11)13-10-16(21)17(18(13)22)20-15-5-3-2-4-14(15)19/h2-9,13,17,20H,10H2,1H3. The molecule has 2 aromatic carbocycles. The van der Waals surface area contributed by atoms with Gasteiger partial charge in [-0.05, 0) is 47.2 Å². The fraction of sp³-hybridized carbons (Fsp3) is 0.222. The van der Waals surface area contributed by atoms with E-state index in [2.05, 4.69) is 27.9 Å². The van der Waals surface area contributed by atoms with Gasteiger partial charge < -0.3 is 5.32 Å². The topological polar surface area (TPSA) is 46.2 Å². The van der Waals surface area contributed by atoms with E-state index in [9.17, 15) is 9.59 Å². The Kier molecular flexibility index (Phi) is 4.29. The number of Topliss-reactive ketones (excluding diaryl/α,β-unsaturated/α-hetero) is 2. The first-order valence-electron chi connectivity index (χ1n) is 7.20. The number of carbonyl (C=O) groups is 2. The molecule has 2 aromatic rings. The van der Waals surface area contributed by atoms with Crippen molar-refractivity contribution in [1.82, 2.24) is 0 Å². The highest BCUT2D eigenvalue weighted by Crippen LogP contribution is 2.31. The Hall–Kier alpha value is -1.69. The first-order chi connectivity index (χ1) is 10.6. The van der Waals surface area contributed by atoms with E-state index >= 15 is 0 Å². The Morgan fingerprint density at radius 3 is 2.41 bits per heavy atom.